The molecule has 42 heavy (non-hydrogen) atoms. The van der Waals surface area contributed by atoms with Crippen LogP contribution in [0, 0.1) is 5.92 Å². The number of aromatic nitrogens is 1. The molecule has 3 heteroatoms. The van der Waals surface area contributed by atoms with Gasteiger partial charge in [0, 0.05) is 12.1 Å². The van der Waals surface area contributed by atoms with Crippen molar-refractivity contribution in [2.45, 2.75) is 5.41 Å². The highest BCUT2D eigenvalue weighted by Gasteiger charge is 2.45. The van der Waals surface area contributed by atoms with Crippen LogP contribution in [0.5, 0.6) is 0 Å². The third-order valence-electron chi connectivity index (χ3n) is 8.45. The van der Waals surface area contributed by atoms with Gasteiger partial charge in [0.1, 0.15) is 0 Å². The molecule has 7 rings (SSSR count). The van der Waals surface area contributed by atoms with E-state index in [4.69, 9.17) is 10.7 Å². The van der Waals surface area contributed by atoms with Crippen molar-refractivity contribution in [2.24, 2.45) is 16.6 Å². The Kier molecular flexibility index (Phi) is 6.69. The highest BCUT2D eigenvalue weighted by molar-refractivity contribution is 6.12. The molecule has 1 aliphatic carbocycles. The molecule has 0 radical (unpaired) electrons. The maximum atomic E-state index is 5.61. The molecule has 0 saturated carbocycles. The lowest BCUT2D eigenvalue weighted by atomic mass is 9.67. The van der Waals surface area contributed by atoms with E-state index in [1.54, 1.807) is 6.20 Å². The Morgan fingerprint density at radius 3 is 1.98 bits per heavy atom. The molecule has 1 unspecified atom stereocenters. The number of dihydropyridines is 1. The van der Waals surface area contributed by atoms with Crippen molar-refractivity contribution in [3.05, 3.63) is 192 Å². The third kappa shape index (κ3) is 4.22. The number of hydrogen-bond acceptors (Lipinski definition) is 3. The van der Waals surface area contributed by atoms with Gasteiger partial charge in [-0.25, -0.2) is 0 Å². The molecule has 3 nitrogen and oxygen atoms in total. The molecule has 202 valence electrons. The summed E-state index contributed by atoms with van der Waals surface area (Å²) in [5.74, 6) is 0.135. The quantitative estimate of drug-likeness (QED) is 0.217. The summed E-state index contributed by atoms with van der Waals surface area (Å²) >= 11 is 0. The molecule has 0 fully saturated rings. The van der Waals surface area contributed by atoms with Gasteiger partial charge in [-0.05, 0) is 75.0 Å². The third-order valence-corrected chi connectivity index (χ3v) is 8.45. The number of pyridine rings is 1. The number of aliphatic imine (C=N–C) groups is 1. The Bertz CT molecular complexity index is 1800. The number of nitrogens with two attached hydrogens (primary N) is 1. The highest BCUT2D eigenvalue weighted by atomic mass is 14.8. The van der Waals surface area contributed by atoms with Crippen LogP contribution in [0.1, 0.15) is 33.5 Å². The van der Waals surface area contributed by atoms with Crippen molar-refractivity contribution < 1.29 is 0 Å². The summed E-state index contributed by atoms with van der Waals surface area (Å²) in [6.07, 6.45) is 11.6. The number of nitrogens with zero attached hydrogens (tertiary/aromatic N) is 2. The molecule has 0 saturated heterocycles. The molecule has 0 amide bonds. The molecular formula is C39H31N3. The molecular weight excluding hydrogens is 510 g/mol. The van der Waals surface area contributed by atoms with Crippen molar-refractivity contribution in [1.29, 1.82) is 0 Å². The Morgan fingerprint density at radius 1 is 0.667 bits per heavy atom. The van der Waals surface area contributed by atoms with Gasteiger partial charge >= 0.3 is 0 Å². The van der Waals surface area contributed by atoms with Crippen LogP contribution in [-0.2, 0) is 5.41 Å². The second-order valence-electron chi connectivity index (χ2n) is 10.7. The van der Waals surface area contributed by atoms with Gasteiger partial charge < -0.3 is 5.73 Å². The smallest absolute Gasteiger partial charge is 0.0881 e. The number of allylic oxidation sites excluding steroid dienone is 3. The lowest BCUT2D eigenvalue weighted by molar-refractivity contribution is 0.768. The fourth-order valence-electron chi connectivity index (χ4n) is 6.61. The van der Waals surface area contributed by atoms with Crippen LogP contribution in [0.25, 0.3) is 16.7 Å². The number of fused-ring (bicyclic) bond motifs is 3. The van der Waals surface area contributed by atoms with E-state index in [1.165, 1.54) is 44.5 Å². The summed E-state index contributed by atoms with van der Waals surface area (Å²) in [7, 11) is 0. The fourth-order valence-corrected chi connectivity index (χ4v) is 6.61. The maximum absolute atomic E-state index is 5.61. The van der Waals surface area contributed by atoms with Gasteiger partial charge in [-0.15, -0.1) is 0 Å². The van der Waals surface area contributed by atoms with Crippen LogP contribution in [0.4, 0.5) is 0 Å². The van der Waals surface area contributed by atoms with Crippen molar-refractivity contribution in [3.8, 4) is 11.1 Å². The van der Waals surface area contributed by atoms with Gasteiger partial charge in [0.2, 0.25) is 0 Å². The topological polar surface area (TPSA) is 51.3 Å². The van der Waals surface area contributed by atoms with E-state index in [0.717, 1.165) is 11.4 Å². The minimum atomic E-state index is -0.403. The average Bonchev–Trinajstić information content (AvgIpc) is 3.37. The van der Waals surface area contributed by atoms with Gasteiger partial charge in [0.25, 0.3) is 0 Å². The molecule has 1 aromatic heterocycles. The van der Waals surface area contributed by atoms with Gasteiger partial charge in [0.05, 0.1) is 23.4 Å². The van der Waals surface area contributed by atoms with Crippen LogP contribution < -0.4 is 5.73 Å². The Hall–Kier alpha value is -5.28. The maximum Gasteiger partial charge on any atom is 0.0881 e. The van der Waals surface area contributed by atoms with Gasteiger partial charge in [0.15, 0.2) is 0 Å². The summed E-state index contributed by atoms with van der Waals surface area (Å²) in [6.45, 7) is 0.656. The second kappa shape index (κ2) is 10.9. The first-order valence-corrected chi connectivity index (χ1v) is 14.4. The predicted molar refractivity (Wildman–Crippen MR) is 173 cm³/mol. The van der Waals surface area contributed by atoms with Crippen LogP contribution in [-0.4, -0.2) is 17.2 Å². The van der Waals surface area contributed by atoms with E-state index in [-0.39, 0.29) is 5.92 Å². The summed E-state index contributed by atoms with van der Waals surface area (Å²) in [6, 6.07) is 43.7. The van der Waals surface area contributed by atoms with E-state index < -0.39 is 5.41 Å². The predicted octanol–water partition coefficient (Wildman–Crippen LogP) is 7.98. The molecule has 1 atom stereocenters. The summed E-state index contributed by atoms with van der Waals surface area (Å²) < 4.78 is 0. The monoisotopic (exact) mass is 541 g/mol. The number of benzene rings is 4. The highest BCUT2D eigenvalue weighted by Crippen LogP contribution is 2.56. The summed E-state index contributed by atoms with van der Waals surface area (Å²) in [5.41, 5.74) is 17.2. The molecule has 0 spiro atoms. The zero-order valence-corrected chi connectivity index (χ0v) is 23.3. The standard InChI is InChI=1S/C39H31N3/c40-24-10-8-12-29-27-42-38(37-19-9-11-25-41-37)26-34(29)28-20-22-31(23-21-28)39(30-13-2-1-3-14-30)35-17-6-4-15-32(35)33-16-5-7-18-36(33)39/h1-26,29H,27,40H2/b12-8-,24-10-. The van der Waals surface area contributed by atoms with Crippen LogP contribution >= 0.6 is 0 Å². The van der Waals surface area contributed by atoms with E-state index >= 15 is 0 Å². The van der Waals surface area contributed by atoms with Crippen LogP contribution in [0.3, 0.4) is 0 Å². The second-order valence-corrected chi connectivity index (χ2v) is 10.7. The average molecular weight is 542 g/mol. The first-order valence-electron chi connectivity index (χ1n) is 14.4. The summed E-state index contributed by atoms with van der Waals surface area (Å²) in [5, 5.41) is 0. The SMILES string of the molecule is N/C=C\C=C/C1CN=C(c2ccccn2)C=C1c1ccc(C2(c3ccccc3)c3ccccc3-c3ccccc32)cc1. The fraction of sp³-hybridized carbons (Fsp3) is 0.0769. The molecule has 2 N–H and O–H groups in total. The van der Waals surface area contributed by atoms with Gasteiger partial charge in [-0.3, -0.25) is 9.98 Å². The van der Waals surface area contributed by atoms with Crippen LogP contribution in [0.15, 0.2) is 163 Å². The Labute approximate surface area is 247 Å². The van der Waals surface area contributed by atoms with Crippen molar-refractivity contribution in [2.75, 3.05) is 6.54 Å². The largest absolute Gasteiger partial charge is 0.405 e. The van der Waals surface area contributed by atoms with Gasteiger partial charge in [-0.1, -0.05) is 121 Å². The summed E-state index contributed by atoms with van der Waals surface area (Å²) in [4.78, 5) is 9.45. The van der Waals surface area contributed by atoms with E-state index in [0.29, 0.717) is 6.54 Å². The molecule has 2 aliphatic rings. The molecule has 2 heterocycles. The van der Waals surface area contributed by atoms with Crippen molar-refractivity contribution in [1.82, 2.24) is 4.98 Å². The molecule has 0 bridgehead atoms. The molecule has 1 aliphatic heterocycles. The lowest BCUT2D eigenvalue weighted by Gasteiger charge is -2.34. The molecule has 4 aromatic carbocycles. The first-order chi connectivity index (χ1) is 20.8. The van der Waals surface area contributed by atoms with E-state index in [1.807, 2.05) is 36.5 Å². The van der Waals surface area contributed by atoms with Gasteiger partial charge in [-0.2, -0.15) is 0 Å². The van der Waals surface area contributed by atoms with E-state index in [9.17, 15) is 0 Å². The van der Waals surface area contributed by atoms with Crippen LogP contribution in [0.2, 0.25) is 0 Å². The normalized spacial score (nSPS) is 17.1. The lowest BCUT2D eigenvalue weighted by Crippen LogP contribution is -2.28. The van der Waals surface area contributed by atoms with Crippen molar-refractivity contribution in [3.63, 3.8) is 0 Å². The minimum Gasteiger partial charge on any atom is -0.405 e. The molecule has 5 aromatic rings. The van der Waals surface area contributed by atoms with E-state index in [2.05, 4.69) is 120 Å². The number of rotatable bonds is 6. The Balaban J connectivity index is 1.38. The first kappa shape index (κ1) is 25.7. The zero-order chi connectivity index (χ0) is 28.4. The number of hydrogen-bond donors (Lipinski definition) is 1. The Morgan fingerprint density at radius 2 is 1.31 bits per heavy atom. The van der Waals surface area contributed by atoms with Crippen molar-refractivity contribution >= 4 is 11.3 Å². The minimum absolute atomic E-state index is 0.135. The zero-order valence-electron chi connectivity index (χ0n) is 23.3.